The van der Waals surface area contributed by atoms with Crippen LogP contribution in [0.2, 0.25) is 0 Å². The first kappa shape index (κ1) is 23.6. The van der Waals surface area contributed by atoms with E-state index in [4.69, 9.17) is 4.74 Å². The van der Waals surface area contributed by atoms with Gasteiger partial charge in [-0.2, -0.15) is 0 Å². The highest BCUT2D eigenvalue weighted by Gasteiger charge is 2.50. The van der Waals surface area contributed by atoms with Gasteiger partial charge in [0.1, 0.15) is 17.3 Å². The van der Waals surface area contributed by atoms with Crippen molar-refractivity contribution in [1.82, 2.24) is 5.32 Å². The molecule has 178 valence electrons. The smallest absolute Gasteiger partial charge is 0.323 e. The number of benzene rings is 3. The van der Waals surface area contributed by atoms with Crippen LogP contribution in [0.25, 0.3) is 0 Å². The van der Waals surface area contributed by atoms with E-state index in [0.717, 1.165) is 5.69 Å². The molecule has 1 heterocycles. The molecule has 1 aliphatic heterocycles. The van der Waals surface area contributed by atoms with Crippen LogP contribution in [0.3, 0.4) is 0 Å². The average Bonchev–Trinajstić information content (AvgIpc) is 3.09. The number of nitrogens with zero attached hydrogens (tertiary/aromatic N) is 1. The molecule has 2 amide bonds. The van der Waals surface area contributed by atoms with E-state index in [0.29, 0.717) is 36.1 Å². The molecule has 4 rings (SSSR count). The lowest BCUT2D eigenvalue weighted by atomic mass is 9.82. The number of hydrogen-bond acceptors (Lipinski definition) is 4. The van der Waals surface area contributed by atoms with Crippen LogP contribution >= 0.6 is 0 Å². The van der Waals surface area contributed by atoms with Crippen LogP contribution in [-0.2, 0) is 0 Å². The number of hydrogen-bond donors (Lipinski definition) is 3. The van der Waals surface area contributed by atoms with Crippen molar-refractivity contribution in [1.29, 1.82) is 0 Å². The zero-order valence-corrected chi connectivity index (χ0v) is 19.2. The van der Waals surface area contributed by atoms with Gasteiger partial charge in [0.2, 0.25) is 0 Å². The molecule has 6 nitrogen and oxygen atoms in total. The van der Waals surface area contributed by atoms with E-state index in [9.17, 15) is 19.4 Å². The number of carbonyl (C=O) groups is 1. The maximum Gasteiger partial charge on any atom is 0.323 e. The first-order valence-electron chi connectivity index (χ1n) is 11.3. The Labute approximate surface area is 198 Å². The van der Waals surface area contributed by atoms with Crippen molar-refractivity contribution in [2.75, 3.05) is 12.0 Å². The molecule has 0 aliphatic carbocycles. The molecule has 1 unspecified atom stereocenters. The van der Waals surface area contributed by atoms with Crippen LogP contribution < -0.4 is 15.0 Å². The lowest BCUT2D eigenvalue weighted by Gasteiger charge is -2.35. The Balaban J connectivity index is 1.61. The van der Waals surface area contributed by atoms with Crippen LogP contribution in [0.15, 0.2) is 72.8 Å². The second kappa shape index (κ2) is 9.73. The predicted octanol–water partition coefficient (Wildman–Crippen LogP) is 5.47. The summed E-state index contributed by atoms with van der Waals surface area (Å²) in [6.45, 7) is 1.95. The SMILES string of the molecule is COc1ccc([C@H]2N(c3ccccc3)C(=O)N[C@]2(C)CCCC(O)c2ccc(F)cc2)c(O)c1. The fraction of sp³-hybridized carbons (Fsp3) is 0.296. The van der Waals surface area contributed by atoms with Gasteiger partial charge in [0.05, 0.1) is 24.8 Å². The summed E-state index contributed by atoms with van der Waals surface area (Å²) in [4.78, 5) is 14.8. The number of para-hydroxylation sites is 1. The first-order valence-corrected chi connectivity index (χ1v) is 11.3. The summed E-state index contributed by atoms with van der Waals surface area (Å²) in [6, 6.07) is 19.5. The van der Waals surface area contributed by atoms with E-state index in [2.05, 4.69) is 5.32 Å². The van der Waals surface area contributed by atoms with Crippen LogP contribution in [0.1, 0.15) is 49.5 Å². The number of ether oxygens (including phenoxy) is 1. The van der Waals surface area contributed by atoms with Gasteiger partial charge < -0.3 is 20.3 Å². The van der Waals surface area contributed by atoms with E-state index in [1.165, 1.54) is 19.2 Å². The number of amides is 2. The van der Waals surface area contributed by atoms with Gasteiger partial charge in [0.15, 0.2) is 0 Å². The highest BCUT2D eigenvalue weighted by molar-refractivity contribution is 5.96. The van der Waals surface area contributed by atoms with Crippen LogP contribution in [0.5, 0.6) is 11.5 Å². The van der Waals surface area contributed by atoms with Crippen molar-refractivity contribution in [2.24, 2.45) is 0 Å². The molecule has 1 aliphatic rings. The van der Waals surface area contributed by atoms with Crippen molar-refractivity contribution in [3.05, 3.63) is 89.7 Å². The van der Waals surface area contributed by atoms with E-state index >= 15 is 0 Å². The first-order chi connectivity index (χ1) is 16.3. The second-order valence-electron chi connectivity index (χ2n) is 8.84. The number of aromatic hydroxyl groups is 1. The topological polar surface area (TPSA) is 82.0 Å². The van der Waals surface area contributed by atoms with Crippen LogP contribution in [-0.4, -0.2) is 28.9 Å². The Morgan fingerprint density at radius 1 is 1.12 bits per heavy atom. The molecule has 0 radical (unpaired) electrons. The lowest BCUT2D eigenvalue weighted by Crippen LogP contribution is -2.42. The van der Waals surface area contributed by atoms with Crippen molar-refractivity contribution >= 4 is 11.7 Å². The monoisotopic (exact) mass is 464 g/mol. The highest BCUT2D eigenvalue weighted by Crippen LogP contribution is 2.46. The molecular formula is C27H29FN2O4. The quantitative estimate of drug-likeness (QED) is 0.413. The number of urea groups is 1. The van der Waals surface area contributed by atoms with Crippen molar-refractivity contribution in [3.8, 4) is 11.5 Å². The predicted molar refractivity (Wildman–Crippen MR) is 128 cm³/mol. The van der Waals surface area contributed by atoms with Crippen LogP contribution in [0.4, 0.5) is 14.9 Å². The number of methoxy groups -OCH3 is 1. The molecular weight excluding hydrogens is 435 g/mol. The molecule has 1 saturated heterocycles. The number of phenolic OH excluding ortho intramolecular Hbond substituents is 1. The second-order valence-corrected chi connectivity index (χ2v) is 8.84. The third kappa shape index (κ3) is 4.70. The largest absolute Gasteiger partial charge is 0.507 e. The summed E-state index contributed by atoms with van der Waals surface area (Å²) in [5, 5.41) is 24.5. The zero-order chi connectivity index (χ0) is 24.3. The van der Waals surface area contributed by atoms with Gasteiger partial charge in [-0.3, -0.25) is 4.90 Å². The highest BCUT2D eigenvalue weighted by atomic mass is 19.1. The van der Waals surface area contributed by atoms with Gasteiger partial charge in [-0.05, 0) is 68.1 Å². The fourth-order valence-corrected chi connectivity index (χ4v) is 4.71. The Morgan fingerprint density at radius 3 is 2.47 bits per heavy atom. The number of halogens is 1. The van der Waals surface area contributed by atoms with Crippen molar-refractivity contribution in [3.63, 3.8) is 0 Å². The van der Waals surface area contributed by atoms with Crippen molar-refractivity contribution in [2.45, 2.75) is 43.9 Å². The van der Waals surface area contributed by atoms with E-state index < -0.39 is 17.7 Å². The van der Waals surface area contributed by atoms with Crippen molar-refractivity contribution < 1.29 is 24.1 Å². The molecule has 3 aromatic rings. The molecule has 0 aromatic heterocycles. The van der Waals surface area contributed by atoms with Gasteiger partial charge >= 0.3 is 6.03 Å². The van der Waals surface area contributed by atoms with Gasteiger partial charge in [-0.1, -0.05) is 30.3 Å². The maximum absolute atomic E-state index is 13.2. The average molecular weight is 465 g/mol. The molecule has 3 aromatic carbocycles. The number of nitrogens with one attached hydrogen (secondary N) is 1. The maximum atomic E-state index is 13.2. The molecule has 7 heteroatoms. The molecule has 0 bridgehead atoms. The number of rotatable bonds is 8. The number of anilines is 1. The molecule has 1 fully saturated rings. The minimum atomic E-state index is -0.737. The molecule has 0 spiro atoms. The minimum absolute atomic E-state index is 0.0411. The minimum Gasteiger partial charge on any atom is -0.507 e. The molecule has 34 heavy (non-hydrogen) atoms. The summed E-state index contributed by atoms with van der Waals surface area (Å²) in [5.41, 5.74) is 1.25. The Hall–Kier alpha value is -3.58. The summed E-state index contributed by atoms with van der Waals surface area (Å²) >= 11 is 0. The molecule has 0 saturated carbocycles. The summed E-state index contributed by atoms with van der Waals surface area (Å²) in [5.74, 6) is 0.216. The standard InChI is InChI=1S/C27H29FN2O4/c1-27(16-6-9-23(31)18-10-12-19(28)13-11-18)25(22-15-14-21(34-2)17-24(22)32)30(26(33)29-27)20-7-4-3-5-8-20/h3-5,7-8,10-15,17,23,25,31-32H,6,9,16H2,1-2H3,(H,29,33)/t23?,25-,27-/m1/s1. The van der Waals surface area contributed by atoms with Gasteiger partial charge in [0, 0.05) is 17.3 Å². The third-order valence-electron chi connectivity index (χ3n) is 6.47. The molecule has 3 atom stereocenters. The van der Waals surface area contributed by atoms with E-state index in [1.807, 2.05) is 37.3 Å². The number of aliphatic hydroxyl groups is 1. The summed E-state index contributed by atoms with van der Waals surface area (Å²) < 4.78 is 18.4. The Bertz CT molecular complexity index is 1140. The lowest BCUT2D eigenvalue weighted by molar-refractivity contribution is 0.158. The summed E-state index contributed by atoms with van der Waals surface area (Å²) in [6.07, 6.45) is 0.866. The molecule has 3 N–H and O–H groups in total. The number of aliphatic hydroxyl groups excluding tert-OH is 1. The van der Waals surface area contributed by atoms with Gasteiger partial charge in [-0.15, -0.1) is 0 Å². The van der Waals surface area contributed by atoms with Gasteiger partial charge in [-0.25, -0.2) is 9.18 Å². The Kier molecular flexibility index (Phi) is 6.75. The normalized spacial score (nSPS) is 20.8. The number of phenols is 1. The van der Waals surface area contributed by atoms with Gasteiger partial charge in [0.25, 0.3) is 0 Å². The third-order valence-corrected chi connectivity index (χ3v) is 6.47. The Morgan fingerprint density at radius 2 is 1.82 bits per heavy atom. The fourth-order valence-electron chi connectivity index (χ4n) is 4.71. The van der Waals surface area contributed by atoms with Crippen LogP contribution in [0, 0.1) is 5.82 Å². The number of carbonyl (C=O) groups excluding carboxylic acids is 1. The zero-order valence-electron chi connectivity index (χ0n) is 19.2. The van der Waals surface area contributed by atoms with E-state index in [1.54, 1.807) is 35.2 Å². The van der Waals surface area contributed by atoms with E-state index in [-0.39, 0.29) is 17.6 Å². The summed E-state index contributed by atoms with van der Waals surface area (Å²) in [7, 11) is 1.53.